The van der Waals surface area contributed by atoms with Crippen molar-refractivity contribution in [3.8, 4) is 0 Å². The third kappa shape index (κ3) is 3.18. The van der Waals surface area contributed by atoms with Crippen LogP contribution in [0.1, 0.15) is 12.8 Å². The zero-order valence-electron chi connectivity index (χ0n) is 15.8. The second-order valence-corrected chi connectivity index (χ2v) is 10.5. The molecule has 158 valence electrons. The first kappa shape index (κ1) is 19.1. The first-order chi connectivity index (χ1) is 13.6. The van der Waals surface area contributed by atoms with Crippen LogP contribution in [0.3, 0.4) is 0 Å². The van der Waals surface area contributed by atoms with E-state index in [2.05, 4.69) is 19.9 Å². The zero-order valence-corrected chi connectivity index (χ0v) is 16.6. The summed E-state index contributed by atoms with van der Waals surface area (Å²) in [5.41, 5.74) is 0.755. The molecule has 2 atom stereocenters. The topological polar surface area (TPSA) is 82.2 Å². The Morgan fingerprint density at radius 2 is 1.93 bits per heavy atom. The number of hydrogen-bond acceptors (Lipinski definition) is 5. The Morgan fingerprint density at radius 3 is 2.59 bits per heavy atom. The smallest absolute Gasteiger partial charge is 0.356 e. The largest absolute Gasteiger partial charge is 0.392 e. The number of halogens is 3. The van der Waals surface area contributed by atoms with E-state index in [9.17, 15) is 21.6 Å². The van der Waals surface area contributed by atoms with Crippen LogP contribution in [0, 0.1) is 23.7 Å². The van der Waals surface area contributed by atoms with Crippen LogP contribution in [0.15, 0.2) is 18.6 Å². The van der Waals surface area contributed by atoms with E-state index in [4.69, 9.17) is 0 Å². The van der Waals surface area contributed by atoms with Gasteiger partial charge in [0.2, 0.25) is 10.0 Å². The molecule has 2 aromatic rings. The number of fused-ring (bicyclic) bond motifs is 2. The number of nitrogens with one attached hydrogen (secondary N) is 1. The minimum atomic E-state index is -4.21. The fraction of sp³-hybridized carbons (Fsp3) is 0.667. The number of nitrogens with zero attached hydrogens (tertiary/aromatic N) is 4. The Bertz CT molecular complexity index is 1020. The number of rotatable bonds is 5. The van der Waals surface area contributed by atoms with E-state index in [0.29, 0.717) is 0 Å². The van der Waals surface area contributed by atoms with Crippen LogP contribution in [0.5, 0.6) is 0 Å². The van der Waals surface area contributed by atoms with Crippen molar-refractivity contribution in [1.29, 1.82) is 0 Å². The number of hydrogen-bond donors (Lipinski definition) is 1. The first-order valence-electron chi connectivity index (χ1n) is 9.70. The number of aromatic amines is 1. The van der Waals surface area contributed by atoms with Gasteiger partial charge < -0.3 is 9.88 Å². The molecule has 3 heterocycles. The minimum absolute atomic E-state index is 0.0107. The molecule has 2 unspecified atom stereocenters. The van der Waals surface area contributed by atoms with Crippen molar-refractivity contribution < 1.29 is 21.6 Å². The van der Waals surface area contributed by atoms with Crippen LogP contribution < -0.4 is 4.90 Å². The maximum atomic E-state index is 12.8. The Hall–Kier alpha value is -1.88. The summed E-state index contributed by atoms with van der Waals surface area (Å²) >= 11 is 0. The first-order valence-corrected chi connectivity index (χ1v) is 11.3. The van der Waals surface area contributed by atoms with Crippen LogP contribution >= 0.6 is 0 Å². The summed E-state index contributed by atoms with van der Waals surface area (Å²) < 4.78 is 65.0. The molecule has 29 heavy (non-hydrogen) atoms. The molecule has 3 fully saturated rings. The summed E-state index contributed by atoms with van der Waals surface area (Å²) in [6.45, 7) is 0.0271. The molecule has 5 rings (SSSR count). The maximum absolute atomic E-state index is 12.8. The summed E-state index contributed by atoms with van der Waals surface area (Å²) in [7, 11) is -1.57. The lowest BCUT2D eigenvalue weighted by Crippen LogP contribution is -2.47. The Labute approximate surface area is 166 Å². The third-order valence-electron chi connectivity index (χ3n) is 6.80. The van der Waals surface area contributed by atoms with Gasteiger partial charge in [-0.15, -0.1) is 0 Å². The van der Waals surface area contributed by atoms with E-state index < -0.39 is 34.0 Å². The number of anilines is 1. The summed E-state index contributed by atoms with van der Waals surface area (Å²) in [6, 6.07) is 2.10. The lowest BCUT2D eigenvalue weighted by Gasteiger charge is -2.42. The van der Waals surface area contributed by atoms with E-state index in [1.165, 1.54) is 10.6 Å². The number of sulfonamides is 1. The van der Waals surface area contributed by atoms with Gasteiger partial charge in [0.25, 0.3) is 0 Å². The van der Waals surface area contributed by atoms with Crippen molar-refractivity contribution in [2.45, 2.75) is 25.1 Å². The molecular weight excluding hydrogens is 407 g/mol. The molecule has 3 aliphatic rings. The van der Waals surface area contributed by atoms with Crippen molar-refractivity contribution in [2.24, 2.45) is 23.7 Å². The predicted molar refractivity (Wildman–Crippen MR) is 101 cm³/mol. The highest BCUT2D eigenvalue weighted by Gasteiger charge is 2.68. The van der Waals surface area contributed by atoms with Crippen molar-refractivity contribution in [2.75, 3.05) is 30.8 Å². The van der Waals surface area contributed by atoms with Gasteiger partial charge in [0.1, 0.15) is 17.8 Å². The van der Waals surface area contributed by atoms with Gasteiger partial charge in [0, 0.05) is 32.4 Å². The van der Waals surface area contributed by atoms with E-state index in [0.717, 1.165) is 29.7 Å². The summed E-state index contributed by atoms with van der Waals surface area (Å²) in [4.78, 5) is 13.6. The number of H-pyrrole nitrogens is 1. The molecule has 1 N–H and O–H groups in total. The molecule has 2 aromatic heterocycles. The molecule has 2 aliphatic carbocycles. The summed E-state index contributed by atoms with van der Waals surface area (Å²) in [5, 5.41) is 0.918. The van der Waals surface area contributed by atoms with Crippen LogP contribution in [0.25, 0.3) is 11.0 Å². The van der Waals surface area contributed by atoms with Gasteiger partial charge in [0.15, 0.2) is 0 Å². The van der Waals surface area contributed by atoms with Gasteiger partial charge in [-0.3, -0.25) is 0 Å². The van der Waals surface area contributed by atoms with Gasteiger partial charge in [0.05, 0.1) is 17.1 Å². The van der Waals surface area contributed by atoms with Crippen molar-refractivity contribution in [1.82, 2.24) is 19.3 Å². The van der Waals surface area contributed by atoms with E-state index in [1.54, 1.807) is 6.20 Å². The number of aromatic nitrogens is 3. The van der Waals surface area contributed by atoms with Gasteiger partial charge in [-0.25, -0.2) is 22.7 Å². The molecule has 0 bridgehead atoms. The lowest BCUT2D eigenvalue weighted by molar-refractivity contribution is -0.156. The number of alkyl halides is 3. The summed E-state index contributed by atoms with van der Waals surface area (Å²) in [6.07, 6.45) is 0.535. The van der Waals surface area contributed by atoms with Gasteiger partial charge >= 0.3 is 6.18 Å². The highest BCUT2D eigenvalue weighted by Crippen LogP contribution is 2.59. The second kappa shape index (κ2) is 6.31. The maximum Gasteiger partial charge on any atom is 0.392 e. The van der Waals surface area contributed by atoms with Crippen LogP contribution in [-0.4, -0.2) is 65.8 Å². The Balaban J connectivity index is 1.17. The molecule has 2 saturated carbocycles. The highest BCUT2D eigenvalue weighted by atomic mass is 32.2. The van der Waals surface area contributed by atoms with E-state index >= 15 is 0 Å². The molecule has 7 nitrogen and oxygen atoms in total. The van der Waals surface area contributed by atoms with Crippen molar-refractivity contribution in [3.63, 3.8) is 0 Å². The van der Waals surface area contributed by atoms with E-state index in [1.807, 2.05) is 13.1 Å². The van der Waals surface area contributed by atoms with Crippen molar-refractivity contribution >= 4 is 26.9 Å². The van der Waals surface area contributed by atoms with Crippen LogP contribution in [0.2, 0.25) is 0 Å². The molecule has 0 spiro atoms. The third-order valence-corrected chi connectivity index (χ3v) is 8.78. The average Bonchev–Trinajstić information content (AvgIpc) is 2.98. The van der Waals surface area contributed by atoms with Crippen LogP contribution in [0.4, 0.5) is 19.0 Å². The van der Waals surface area contributed by atoms with Gasteiger partial charge in [-0.1, -0.05) is 0 Å². The second-order valence-electron chi connectivity index (χ2n) is 8.53. The average molecular weight is 429 g/mol. The van der Waals surface area contributed by atoms with Crippen molar-refractivity contribution in [3.05, 3.63) is 18.6 Å². The molecule has 1 saturated heterocycles. The minimum Gasteiger partial charge on any atom is -0.356 e. The fourth-order valence-corrected chi connectivity index (χ4v) is 6.95. The molecular formula is C18H22F3N5O2S. The normalized spacial score (nSPS) is 32.2. The summed E-state index contributed by atoms with van der Waals surface area (Å²) in [5.74, 6) is -1.57. The van der Waals surface area contributed by atoms with Gasteiger partial charge in [-0.2, -0.15) is 13.2 Å². The van der Waals surface area contributed by atoms with E-state index in [-0.39, 0.29) is 30.8 Å². The molecule has 0 amide bonds. The number of piperidine rings is 1. The quantitative estimate of drug-likeness (QED) is 0.788. The predicted octanol–water partition coefficient (Wildman–Crippen LogP) is 2.24. The molecule has 1 aliphatic heterocycles. The van der Waals surface area contributed by atoms with Gasteiger partial charge in [-0.05, 0) is 36.7 Å². The molecule has 0 radical (unpaired) electrons. The van der Waals surface area contributed by atoms with Crippen LogP contribution in [-0.2, 0) is 10.0 Å². The monoisotopic (exact) mass is 429 g/mol. The zero-order chi connectivity index (χ0) is 20.6. The highest BCUT2D eigenvalue weighted by molar-refractivity contribution is 7.89. The SMILES string of the molecule is CN(c1ncnc2[nH]ccc12)[C@H]1C[C@@H](CS(=O)(=O)N2CC3C(C2)C3C(F)(F)F)C1. The Kier molecular flexibility index (Phi) is 4.16. The molecule has 0 aromatic carbocycles. The fourth-order valence-electron chi connectivity index (χ4n) is 5.07. The standard InChI is InChI=1S/C18H22F3N5O2S/c1-25(17-12-2-3-22-16(12)23-9-24-17)11-4-10(5-11)8-29(27,28)26-6-13-14(7-26)15(13)18(19,20)21/h2-3,9-11,13-15H,4-8H2,1H3,(H,22,23,24)/t10-,11+,13?,14?,15?. The molecule has 11 heteroatoms. The lowest BCUT2D eigenvalue weighted by atomic mass is 9.81. The Morgan fingerprint density at radius 1 is 1.24 bits per heavy atom.